The Morgan fingerprint density at radius 3 is 2.54 bits per heavy atom. The van der Waals surface area contributed by atoms with Gasteiger partial charge >= 0.3 is 0 Å². The molecule has 0 spiro atoms. The first kappa shape index (κ1) is 22.3. The highest BCUT2D eigenvalue weighted by molar-refractivity contribution is 5.97. The third-order valence-electron chi connectivity index (χ3n) is 6.02. The first-order valence-corrected chi connectivity index (χ1v) is 11.5. The number of rotatable bonds is 8. The average molecular weight is 468 g/mol. The van der Waals surface area contributed by atoms with E-state index in [9.17, 15) is 15.0 Å². The number of unbranched alkanes of at least 4 members (excludes halogenated alkanes) is 1. The highest BCUT2D eigenvalue weighted by atomic mass is 16.3. The van der Waals surface area contributed by atoms with Crippen molar-refractivity contribution >= 4 is 16.8 Å². The number of aromatic nitrogens is 2. The van der Waals surface area contributed by atoms with Crippen molar-refractivity contribution < 1.29 is 19.4 Å². The summed E-state index contributed by atoms with van der Waals surface area (Å²) < 4.78 is 5.71. The molecule has 5 aromatic rings. The lowest BCUT2D eigenvalue weighted by molar-refractivity contribution is 0.0950. The Morgan fingerprint density at radius 2 is 1.77 bits per heavy atom. The van der Waals surface area contributed by atoms with Crippen LogP contribution < -0.4 is 5.32 Å². The smallest absolute Gasteiger partial charge is 0.255 e. The van der Waals surface area contributed by atoms with Gasteiger partial charge in [-0.3, -0.25) is 9.89 Å². The number of aromatic amines is 1. The van der Waals surface area contributed by atoms with Crippen LogP contribution in [0.2, 0.25) is 0 Å². The van der Waals surface area contributed by atoms with E-state index < -0.39 is 0 Å². The second kappa shape index (κ2) is 9.77. The monoisotopic (exact) mass is 467 g/mol. The van der Waals surface area contributed by atoms with Crippen LogP contribution in [0.15, 0.2) is 83.5 Å². The van der Waals surface area contributed by atoms with Gasteiger partial charge in [0.15, 0.2) is 0 Å². The number of carbonyl (C=O) groups excluding carboxylic acids is 1. The fraction of sp³-hybridized carbons (Fsp3) is 0.143. The molecule has 2 aromatic heterocycles. The number of carbonyl (C=O) groups is 1. The molecule has 176 valence electrons. The number of hydrogen-bond donors (Lipinski definition) is 4. The fourth-order valence-corrected chi connectivity index (χ4v) is 4.21. The van der Waals surface area contributed by atoms with Crippen molar-refractivity contribution in [2.45, 2.75) is 19.3 Å². The molecule has 1 amide bonds. The van der Waals surface area contributed by atoms with Crippen LogP contribution in [0, 0.1) is 0 Å². The molecule has 35 heavy (non-hydrogen) atoms. The maximum absolute atomic E-state index is 12.2. The quantitative estimate of drug-likeness (QED) is 0.220. The lowest BCUT2D eigenvalue weighted by atomic mass is 9.95. The molecule has 0 atom stereocenters. The van der Waals surface area contributed by atoms with E-state index in [4.69, 9.17) is 4.42 Å². The Balaban J connectivity index is 1.31. The minimum Gasteiger partial charge on any atom is -0.508 e. The summed E-state index contributed by atoms with van der Waals surface area (Å²) in [5.41, 5.74) is 5.05. The molecule has 0 fully saturated rings. The SMILES string of the molecule is O=C(NCCCCc1n[nH]c2cc(-c3ccc(O)cc3)c(-c3ccco3)cc12)c1ccccc1O. The van der Waals surface area contributed by atoms with Crippen molar-refractivity contribution in [1.82, 2.24) is 15.5 Å². The van der Waals surface area contributed by atoms with Crippen LogP contribution in [-0.4, -0.2) is 32.9 Å². The summed E-state index contributed by atoms with van der Waals surface area (Å²) >= 11 is 0. The Hall–Kier alpha value is -4.52. The lowest BCUT2D eigenvalue weighted by Crippen LogP contribution is -2.24. The summed E-state index contributed by atoms with van der Waals surface area (Å²) in [5, 5.41) is 31.1. The number of aromatic hydroxyl groups is 2. The number of phenolic OH excluding ortho intramolecular Hbond substituents is 2. The number of benzene rings is 3. The molecule has 7 nitrogen and oxygen atoms in total. The van der Waals surface area contributed by atoms with Crippen molar-refractivity contribution in [3.8, 4) is 33.9 Å². The van der Waals surface area contributed by atoms with E-state index in [2.05, 4.69) is 27.6 Å². The third kappa shape index (κ3) is 4.75. The van der Waals surface area contributed by atoms with E-state index >= 15 is 0 Å². The number of phenols is 2. The van der Waals surface area contributed by atoms with Gasteiger partial charge in [0.2, 0.25) is 0 Å². The molecule has 0 saturated carbocycles. The second-order valence-electron chi connectivity index (χ2n) is 8.37. The van der Waals surface area contributed by atoms with E-state index in [0.717, 1.165) is 58.3 Å². The lowest BCUT2D eigenvalue weighted by Gasteiger charge is -2.10. The zero-order chi connectivity index (χ0) is 24.2. The molecule has 0 bridgehead atoms. The number of amides is 1. The zero-order valence-corrected chi connectivity index (χ0v) is 19.0. The van der Waals surface area contributed by atoms with E-state index in [1.165, 1.54) is 6.07 Å². The first-order chi connectivity index (χ1) is 17.1. The predicted octanol–water partition coefficient (Wildman–Crippen LogP) is 5.65. The summed E-state index contributed by atoms with van der Waals surface area (Å²) in [6, 6.07) is 21.5. The van der Waals surface area contributed by atoms with Gasteiger partial charge in [0, 0.05) is 17.5 Å². The van der Waals surface area contributed by atoms with Crippen LogP contribution >= 0.6 is 0 Å². The van der Waals surface area contributed by atoms with Crippen LogP contribution in [0.3, 0.4) is 0 Å². The summed E-state index contributed by atoms with van der Waals surface area (Å²) in [6.07, 6.45) is 4.03. The number of nitrogens with one attached hydrogen (secondary N) is 2. The molecule has 0 aliphatic carbocycles. The molecular weight excluding hydrogens is 442 g/mol. The maximum atomic E-state index is 12.2. The highest BCUT2D eigenvalue weighted by Gasteiger charge is 2.16. The normalized spacial score (nSPS) is 11.1. The molecule has 5 rings (SSSR count). The standard InChI is InChI=1S/C28H25N3O4/c32-19-12-10-18(11-13-19)21-17-25-23(16-22(21)27-9-5-15-35-27)24(30-31-25)7-3-4-14-29-28(34)20-6-1-2-8-26(20)33/h1-2,5-6,8-13,15-17,32-33H,3-4,7,14H2,(H,29,34)(H,30,31). The van der Waals surface area contributed by atoms with Gasteiger partial charge in [0.25, 0.3) is 5.91 Å². The molecule has 0 saturated heterocycles. The van der Waals surface area contributed by atoms with Crippen molar-refractivity contribution in [3.05, 3.63) is 90.3 Å². The van der Waals surface area contributed by atoms with Crippen molar-refractivity contribution in [2.24, 2.45) is 0 Å². The van der Waals surface area contributed by atoms with E-state index in [1.807, 2.05) is 24.3 Å². The molecule has 0 aliphatic heterocycles. The van der Waals surface area contributed by atoms with Crippen LogP contribution in [0.5, 0.6) is 11.5 Å². The number of H-pyrrole nitrogens is 1. The summed E-state index contributed by atoms with van der Waals surface area (Å²) in [5.74, 6) is 0.675. The largest absolute Gasteiger partial charge is 0.508 e. The van der Waals surface area contributed by atoms with Gasteiger partial charge in [-0.05, 0) is 78.9 Å². The van der Waals surface area contributed by atoms with E-state index in [0.29, 0.717) is 6.54 Å². The van der Waals surface area contributed by atoms with Crippen molar-refractivity contribution in [1.29, 1.82) is 0 Å². The summed E-state index contributed by atoms with van der Waals surface area (Å²) in [7, 11) is 0. The number of furan rings is 1. The maximum Gasteiger partial charge on any atom is 0.255 e. The molecule has 0 unspecified atom stereocenters. The number of aryl methyl sites for hydroxylation is 1. The topological polar surface area (TPSA) is 111 Å². The van der Waals surface area contributed by atoms with Gasteiger partial charge in [-0.2, -0.15) is 5.10 Å². The van der Waals surface area contributed by atoms with Gasteiger partial charge < -0.3 is 19.9 Å². The third-order valence-corrected chi connectivity index (χ3v) is 6.02. The molecule has 0 radical (unpaired) electrons. The summed E-state index contributed by atoms with van der Waals surface area (Å²) in [6.45, 7) is 0.512. The number of para-hydroxylation sites is 1. The number of fused-ring (bicyclic) bond motifs is 1. The average Bonchev–Trinajstić information content (AvgIpc) is 3.54. The number of nitrogens with zero attached hydrogens (tertiary/aromatic N) is 1. The van der Waals surface area contributed by atoms with E-state index in [1.54, 1.807) is 36.6 Å². The van der Waals surface area contributed by atoms with Gasteiger partial charge in [0.05, 0.1) is 23.0 Å². The van der Waals surface area contributed by atoms with Gasteiger partial charge in [-0.1, -0.05) is 24.3 Å². The molecule has 4 N–H and O–H groups in total. The van der Waals surface area contributed by atoms with Crippen LogP contribution in [0.4, 0.5) is 0 Å². The molecule has 0 aliphatic rings. The molecule has 3 aromatic carbocycles. The second-order valence-corrected chi connectivity index (χ2v) is 8.37. The Bertz CT molecular complexity index is 1450. The highest BCUT2D eigenvalue weighted by Crippen LogP contribution is 2.37. The van der Waals surface area contributed by atoms with Crippen molar-refractivity contribution in [2.75, 3.05) is 6.54 Å². The molecule has 2 heterocycles. The Labute approximate surface area is 202 Å². The summed E-state index contributed by atoms with van der Waals surface area (Å²) in [4.78, 5) is 12.2. The minimum absolute atomic E-state index is 0.0213. The van der Waals surface area contributed by atoms with Gasteiger partial charge in [0.1, 0.15) is 17.3 Å². The zero-order valence-electron chi connectivity index (χ0n) is 19.0. The van der Waals surface area contributed by atoms with Crippen LogP contribution in [-0.2, 0) is 6.42 Å². The Kier molecular flexibility index (Phi) is 6.22. The first-order valence-electron chi connectivity index (χ1n) is 11.5. The van der Waals surface area contributed by atoms with Crippen LogP contribution in [0.1, 0.15) is 28.9 Å². The van der Waals surface area contributed by atoms with Gasteiger partial charge in [-0.15, -0.1) is 0 Å². The van der Waals surface area contributed by atoms with Gasteiger partial charge in [-0.25, -0.2) is 0 Å². The van der Waals surface area contributed by atoms with Crippen LogP contribution in [0.25, 0.3) is 33.4 Å². The molecule has 7 heteroatoms. The van der Waals surface area contributed by atoms with Crippen molar-refractivity contribution in [3.63, 3.8) is 0 Å². The molecular formula is C28H25N3O4. The minimum atomic E-state index is -0.279. The fourth-order valence-electron chi connectivity index (χ4n) is 4.21. The predicted molar refractivity (Wildman–Crippen MR) is 134 cm³/mol. The Morgan fingerprint density at radius 1 is 0.943 bits per heavy atom. The van der Waals surface area contributed by atoms with E-state index in [-0.39, 0.29) is 23.0 Å². The number of hydrogen-bond acceptors (Lipinski definition) is 5.